The molecule has 3 unspecified atom stereocenters. The molecule has 0 saturated carbocycles. The zero-order chi connectivity index (χ0) is 16.6. The predicted molar refractivity (Wildman–Crippen MR) is 99.4 cm³/mol. The molecule has 3 aromatic rings. The second-order valence-corrected chi connectivity index (χ2v) is 6.68. The van der Waals surface area contributed by atoms with E-state index in [0.29, 0.717) is 5.92 Å². The molecule has 0 aromatic heterocycles. The van der Waals surface area contributed by atoms with E-state index in [9.17, 15) is 0 Å². The van der Waals surface area contributed by atoms with Gasteiger partial charge in [-0.2, -0.15) is 0 Å². The van der Waals surface area contributed by atoms with Gasteiger partial charge >= 0.3 is 0 Å². The van der Waals surface area contributed by atoms with Gasteiger partial charge in [-0.25, -0.2) is 5.43 Å². The van der Waals surface area contributed by atoms with E-state index in [1.165, 1.54) is 16.8 Å². The highest BCUT2D eigenvalue weighted by Gasteiger charge is 2.46. The van der Waals surface area contributed by atoms with Crippen LogP contribution < -0.4 is 15.2 Å². The van der Waals surface area contributed by atoms with Gasteiger partial charge < -0.3 is 4.74 Å². The molecule has 3 heteroatoms. The van der Waals surface area contributed by atoms with E-state index < -0.39 is 0 Å². The van der Waals surface area contributed by atoms with Crippen molar-refractivity contribution < 1.29 is 4.74 Å². The number of para-hydroxylation sites is 2. The van der Waals surface area contributed by atoms with Crippen LogP contribution in [-0.4, -0.2) is 6.61 Å². The molecule has 2 aliphatic heterocycles. The third-order valence-electron chi connectivity index (χ3n) is 5.25. The average Bonchev–Trinajstić information content (AvgIpc) is 3.09. The van der Waals surface area contributed by atoms with Crippen molar-refractivity contribution in [3.8, 4) is 5.75 Å². The SMILES string of the molecule is c1ccc(C2C3COc4ccccc4C3NN2c2ccccc2)cc1. The number of hydrazine groups is 1. The molecule has 0 aliphatic carbocycles. The molecule has 124 valence electrons. The summed E-state index contributed by atoms with van der Waals surface area (Å²) in [5.41, 5.74) is 7.51. The van der Waals surface area contributed by atoms with E-state index in [2.05, 4.69) is 89.3 Å². The summed E-state index contributed by atoms with van der Waals surface area (Å²) >= 11 is 0. The van der Waals surface area contributed by atoms with Crippen LogP contribution in [-0.2, 0) is 0 Å². The summed E-state index contributed by atoms with van der Waals surface area (Å²) in [5, 5.41) is 2.32. The first-order chi connectivity index (χ1) is 12.4. The Morgan fingerprint density at radius 3 is 2.28 bits per heavy atom. The standard InChI is InChI=1S/C22H20N2O/c1-3-9-16(10-4-1)22-19-15-25-20-14-8-7-13-18(20)21(19)23-24(22)17-11-5-2-6-12-17/h1-14,19,21-23H,15H2. The topological polar surface area (TPSA) is 24.5 Å². The van der Waals surface area contributed by atoms with Crippen molar-refractivity contribution >= 4 is 5.69 Å². The van der Waals surface area contributed by atoms with Gasteiger partial charge in [0, 0.05) is 11.5 Å². The van der Waals surface area contributed by atoms with Gasteiger partial charge in [0.2, 0.25) is 0 Å². The third-order valence-corrected chi connectivity index (χ3v) is 5.25. The number of hydrogen-bond donors (Lipinski definition) is 1. The predicted octanol–water partition coefficient (Wildman–Crippen LogP) is 4.50. The minimum absolute atomic E-state index is 0.238. The Labute approximate surface area is 147 Å². The molecule has 2 aliphatic rings. The smallest absolute Gasteiger partial charge is 0.124 e. The monoisotopic (exact) mass is 328 g/mol. The molecule has 0 radical (unpaired) electrons. The van der Waals surface area contributed by atoms with Crippen molar-refractivity contribution in [2.75, 3.05) is 11.6 Å². The molecule has 5 rings (SSSR count). The van der Waals surface area contributed by atoms with Crippen molar-refractivity contribution in [2.45, 2.75) is 12.1 Å². The maximum absolute atomic E-state index is 6.11. The van der Waals surface area contributed by atoms with Crippen LogP contribution in [0.5, 0.6) is 5.75 Å². The van der Waals surface area contributed by atoms with Crippen LogP contribution in [0.4, 0.5) is 5.69 Å². The van der Waals surface area contributed by atoms with Gasteiger partial charge in [0.15, 0.2) is 0 Å². The number of anilines is 1. The fourth-order valence-corrected chi connectivity index (χ4v) is 4.11. The number of fused-ring (bicyclic) bond motifs is 3. The number of nitrogens with one attached hydrogen (secondary N) is 1. The minimum Gasteiger partial charge on any atom is -0.493 e. The van der Waals surface area contributed by atoms with Gasteiger partial charge in [-0.15, -0.1) is 0 Å². The zero-order valence-corrected chi connectivity index (χ0v) is 13.9. The van der Waals surface area contributed by atoms with Crippen LogP contribution in [0.25, 0.3) is 0 Å². The Bertz CT molecular complexity index is 865. The van der Waals surface area contributed by atoms with Crippen LogP contribution in [0, 0.1) is 5.92 Å². The van der Waals surface area contributed by atoms with Crippen LogP contribution in [0.1, 0.15) is 23.2 Å². The highest BCUT2D eigenvalue weighted by molar-refractivity contribution is 5.52. The third kappa shape index (κ3) is 2.39. The summed E-state index contributed by atoms with van der Waals surface area (Å²) in [5.74, 6) is 1.36. The van der Waals surface area contributed by atoms with Crippen LogP contribution in [0.3, 0.4) is 0 Å². The van der Waals surface area contributed by atoms with E-state index >= 15 is 0 Å². The van der Waals surface area contributed by atoms with Crippen LogP contribution >= 0.6 is 0 Å². The molecule has 1 fully saturated rings. The number of ether oxygens (including phenoxy) is 1. The lowest BCUT2D eigenvalue weighted by atomic mass is 9.84. The second-order valence-electron chi connectivity index (χ2n) is 6.68. The maximum atomic E-state index is 6.11. The molecule has 1 N–H and O–H groups in total. The number of nitrogens with zero attached hydrogens (tertiary/aromatic N) is 1. The largest absolute Gasteiger partial charge is 0.493 e. The van der Waals surface area contributed by atoms with E-state index in [0.717, 1.165) is 12.4 Å². The highest BCUT2D eigenvalue weighted by atomic mass is 16.5. The highest BCUT2D eigenvalue weighted by Crippen LogP contribution is 2.48. The number of benzene rings is 3. The first kappa shape index (κ1) is 14.6. The molecule has 0 spiro atoms. The fourth-order valence-electron chi connectivity index (χ4n) is 4.11. The van der Waals surface area contributed by atoms with Crippen molar-refractivity contribution in [1.29, 1.82) is 0 Å². The maximum Gasteiger partial charge on any atom is 0.124 e. The summed E-state index contributed by atoms with van der Waals surface area (Å²) in [6, 6.07) is 30.2. The van der Waals surface area contributed by atoms with Gasteiger partial charge in [-0.3, -0.25) is 5.01 Å². The molecular weight excluding hydrogens is 308 g/mol. The fraction of sp³-hybridized carbons (Fsp3) is 0.182. The Morgan fingerprint density at radius 2 is 1.48 bits per heavy atom. The van der Waals surface area contributed by atoms with E-state index in [4.69, 9.17) is 4.74 Å². The van der Waals surface area contributed by atoms with Crippen LogP contribution in [0.2, 0.25) is 0 Å². The molecule has 3 aromatic carbocycles. The first-order valence-electron chi connectivity index (χ1n) is 8.79. The summed E-state index contributed by atoms with van der Waals surface area (Å²) < 4.78 is 6.11. The molecule has 3 atom stereocenters. The number of hydrogen-bond acceptors (Lipinski definition) is 3. The lowest BCUT2D eigenvalue weighted by Gasteiger charge is -2.31. The van der Waals surface area contributed by atoms with Crippen molar-refractivity contribution in [2.24, 2.45) is 5.92 Å². The molecule has 2 heterocycles. The zero-order valence-electron chi connectivity index (χ0n) is 13.9. The van der Waals surface area contributed by atoms with Gasteiger partial charge in [-0.05, 0) is 23.8 Å². The van der Waals surface area contributed by atoms with Crippen molar-refractivity contribution in [3.63, 3.8) is 0 Å². The van der Waals surface area contributed by atoms with Gasteiger partial charge in [0.05, 0.1) is 24.4 Å². The van der Waals surface area contributed by atoms with Crippen molar-refractivity contribution in [1.82, 2.24) is 5.43 Å². The normalized spacial score (nSPS) is 24.3. The number of rotatable bonds is 2. The summed E-state index contributed by atoms with van der Waals surface area (Å²) in [6.45, 7) is 0.720. The Balaban J connectivity index is 1.62. The van der Waals surface area contributed by atoms with E-state index in [1.807, 2.05) is 6.07 Å². The Morgan fingerprint density at radius 1 is 0.800 bits per heavy atom. The molecule has 0 amide bonds. The van der Waals surface area contributed by atoms with Gasteiger partial charge in [0.25, 0.3) is 0 Å². The summed E-state index contributed by atoms with van der Waals surface area (Å²) in [7, 11) is 0. The van der Waals surface area contributed by atoms with Crippen molar-refractivity contribution in [3.05, 3.63) is 96.1 Å². The molecule has 0 bridgehead atoms. The van der Waals surface area contributed by atoms with Gasteiger partial charge in [0.1, 0.15) is 5.75 Å². The van der Waals surface area contributed by atoms with E-state index in [-0.39, 0.29) is 12.1 Å². The minimum atomic E-state index is 0.238. The van der Waals surface area contributed by atoms with E-state index in [1.54, 1.807) is 0 Å². The molecule has 1 saturated heterocycles. The lowest BCUT2D eigenvalue weighted by molar-refractivity contribution is 0.194. The lowest BCUT2D eigenvalue weighted by Crippen LogP contribution is -2.33. The molecule has 3 nitrogen and oxygen atoms in total. The van der Waals surface area contributed by atoms with Gasteiger partial charge in [-0.1, -0.05) is 66.7 Å². The van der Waals surface area contributed by atoms with Crippen LogP contribution in [0.15, 0.2) is 84.9 Å². The first-order valence-corrected chi connectivity index (χ1v) is 8.79. The average molecular weight is 328 g/mol. The molecule has 25 heavy (non-hydrogen) atoms. The Kier molecular flexibility index (Phi) is 3.46. The Hall–Kier alpha value is -2.78. The second kappa shape index (κ2) is 5.94. The molecular formula is C22H20N2O. The summed E-state index contributed by atoms with van der Waals surface area (Å²) in [4.78, 5) is 0. The quantitative estimate of drug-likeness (QED) is 0.749. The summed E-state index contributed by atoms with van der Waals surface area (Å²) in [6.07, 6.45) is 0.